The Balaban J connectivity index is 1.47. The smallest absolute Gasteiger partial charge is 0.294 e. The van der Waals surface area contributed by atoms with Crippen LogP contribution >= 0.6 is 0 Å². The van der Waals surface area contributed by atoms with E-state index in [1.165, 1.54) is 6.07 Å². The lowest BCUT2D eigenvalue weighted by Crippen LogP contribution is -2.37. The van der Waals surface area contributed by atoms with Crippen molar-refractivity contribution in [3.63, 3.8) is 0 Å². The van der Waals surface area contributed by atoms with Gasteiger partial charge in [-0.1, -0.05) is 13.8 Å². The number of methoxy groups -OCH3 is 1. The van der Waals surface area contributed by atoms with Gasteiger partial charge in [-0.05, 0) is 45.1 Å². The van der Waals surface area contributed by atoms with Crippen LogP contribution in [0.25, 0.3) is 0 Å². The van der Waals surface area contributed by atoms with E-state index in [2.05, 4.69) is 43.8 Å². The highest BCUT2D eigenvalue weighted by Crippen LogP contribution is 2.44. The summed E-state index contributed by atoms with van der Waals surface area (Å²) in [6.07, 6.45) is 5.47. The van der Waals surface area contributed by atoms with Gasteiger partial charge in [0, 0.05) is 55.6 Å². The van der Waals surface area contributed by atoms with Gasteiger partial charge in [-0.25, -0.2) is 4.98 Å². The molecule has 1 saturated heterocycles. The molecule has 3 aromatic rings. The van der Waals surface area contributed by atoms with Crippen molar-refractivity contribution in [2.75, 3.05) is 56.0 Å². The van der Waals surface area contributed by atoms with E-state index in [4.69, 9.17) is 9.72 Å². The Hall–Kier alpha value is -3.99. The van der Waals surface area contributed by atoms with Crippen LogP contribution in [-0.2, 0) is 5.41 Å². The van der Waals surface area contributed by atoms with Gasteiger partial charge in [0.1, 0.15) is 17.3 Å². The molecule has 0 aliphatic carbocycles. The molecule has 5 rings (SSSR count). The van der Waals surface area contributed by atoms with E-state index in [-0.39, 0.29) is 22.1 Å². The fourth-order valence-corrected chi connectivity index (χ4v) is 5.54. The lowest BCUT2D eigenvalue weighted by atomic mass is 9.91. The summed E-state index contributed by atoms with van der Waals surface area (Å²) in [6, 6.07) is 9.29. The molecule has 1 N–H and O–H groups in total. The van der Waals surface area contributed by atoms with Crippen molar-refractivity contribution in [3.8, 4) is 5.75 Å². The first-order chi connectivity index (χ1) is 18.2. The van der Waals surface area contributed by atoms with Gasteiger partial charge in [0.15, 0.2) is 0 Å². The zero-order chi connectivity index (χ0) is 27.0. The number of fused-ring (bicyclic) bond motifs is 1. The highest BCUT2D eigenvalue weighted by atomic mass is 16.6. The zero-order valence-corrected chi connectivity index (χ0v) is 22.5. The second kappa shape index (κ2) is 10.1. The third-order valence-corrected chi connectivity index (χ3v) is 7.19. The Bertz CT molecular complexity index is 1350. The number of nitro groups is 1. The van der Waals surface area contributed by atoms with E-state index < -0.39 is 0 Å². The summed E-state index contributed by atoms with van der Waals surface area (Å²) in [4.78, 5) is 31.9. The molecule has 0 radical (unpaired) electrons. The minimum absolute atomic E-state index is 0.0244. The van der Waals surface area contributed by atoms with Gasteiger partial charge >= 0.3 is 0 Å². The normalized spacial score (nSPS) is 18.1. The van der Waals surface area contributed by atoms with Crippen LogP contribution in [0, 0.1) is 10.1 Å². The maximum Gasteiger partial charge on any atom is 0.294 e. The van der Waals surface area contributed by atoms with E-state index >= 15 is 0 Å². The minimum Gasteiger partial charge on any atom is -0.494 e. The molecule has 11 nitrogen and oxygen atoms in total. The number of nitrogens with zero attached hydrogens (tertiary/aromatic N) is 7. The fourth-order valence-electron chi connectivity index (χ4n) is 5.54. The van der Waals surface area contributed by atoms with Crippen molar-refractivity contribution in [1.29, 1.82) is 0 Å². The summed E-state index contributed by atoms with van der Waals surface area (Å²) < 4.78 is 5.68. The molecule has 0 saturated carbocycles. The maximum atomic E-state index is 12.2. The van der Waals surface area contributed by atoms with E-state index in [1.54, 1.807) is 19.4 Å². The van der Waals surface area contributed by atoms with Crippen LogP contribution in [0.5, 0.6) is 5.75 Å². The zero-order valence-electron chi connectivity index (χ0n) is 22.5. The number of anilines is 5. The molecule has 0 amide bonds. The molecule has 2 aliphatic heterocycles. The average Bonchev–Trinajstić information content (AvgIpc) is 3.45. The van der Waals surface area contributed by atoms with Crippen LogP contribution in [0.3, 0.4) is 0 Å². The maximum absolute atomic E-state index is 12.2. The van der Waals surface area contributed by atoms with Gasteiger partial charge in [-0.15, -0.1) is 0 Å². The number of likely N-dealkylation sites (N-methyl/N-ethyl adjacent to an activating group) is 1. The summed E-state index contributed by atoms with van der Waals surface area (Å²) in [6.45, 7) is 6.64. The summed E-state index contributed by atoms with van der Waals surface area (Å²) in [5.41, 5.74) is 2.94. The van der Waals surface area contributed by atoms with Crippen molar-refractivity contribution < 1.29 is 9.66 Å². The van der Waals surface area contributed by atoms with E-state index in [9.17, 15) is 10.1 Å². The van der Waals surface area contributed by atoms with E-state index in [0.29, 0.717) is 23.1 Å². The standard InChI is InChI=1S/C27H34N8O3/c1-27(2)17-34(20-9-6-11-28-25(20)27)24-10-12-29-26(31-24)30-19-14-22(35(36)37)21(15-23(19)38-5)33-13-7-8-18(33)16-32(3)4/h6,9-12,14-15,18H,7-8,13,16-17H2,1-5H3,(H,29,30,31). The lowest BCUT2D eigenvalue weighted by molar-refractivity contribution is -0.384. The second-order valence-corrected chi connectivity index (χ2v) is 10.8. The molecule has 1 atom stereocenters. The average molecular weight is 519 g/mol. The molecule has 1 unspecified atom stereocenters. The molecule has 4 heterocycles. The lowest BCUT2D eigenvalue weighted by Gasteiger charge is -2.29. The topological polar surface area (TPSA) is 113 Å². The molecule has 2 aromatic heterocycles. The summed E-state index contributed by atoms with van der Waals surface area (Å²) >= 11 is 0. The Morgan fingerprint density at radius 1 is 1.21 bits per heavy atom. The quantitative estimate of drug-likeness (QED) is 0.338. The van der Waals surface area contributed by atoms with Gasteiger partial charge < -0.3 is 24.8 Å². The first-order valence-electron chi connectivity index (χ1n) is 12.8. The van der Waals surface area contributed by atoms with Gasteiger partial charge in [-0.2, -0.15) is 4.98 Å². The number of benzene rings is 1. The number of ether oxygens (including phenoxy) is 1. The SMILES string of the molecule is COc1cc(N2CCCC2CN(C)C)c([N+](=O)[O-])cc1Nc1nccc(N2CC(C)(C)c3ncccc32)n1. The van der Waals surface area contributed by atoms with Crippen molar-refractivity contribution in [1.82, 2.24) is 19.9 Å². The predicted octanol–water partition coefficient (Wildman–Crippen LogP) is 4.49. The monoisotopic (exact) mass is 518 g/mol. The molecule has 1 aromatic carbocycles. The van der Waals surface area contributed by atoms with E-state index in [0.717, 1.165) is 49.7 Å². The molecule has 11 heteroatoms. The van der Waals surface area contributed by atoms with Crippen LogP contribution in [0.1, 0.15) is 32.4 Å². The summed E-state index contributed by atoms with van der Waals surface area (Å²) in [5, 5.41) is 15.3. The van der Waals surface area contributed by atoms with Crippen LogP contribution in [0.15, 0.2) is 42.7 Å². The summed E-state index contributed by atoms with van der Waals surface area (Å²) in [7, 11) is 5.60. The number of pyridine rings is 1. The number of hydrogen-bond donors (Lipinski definition) is 1. The third kappa shape index (κ3) is 4.81. The molecular weight excluding hydrogens is 484 g/mol. The largest absolute Gasteiger partial charge is 0.494 e. The first kappa shape index (κ1) is 25.7. The van der Waals surface area contributed by atoms with Crippen molar-refractivity contribution >= 4 is 34.5 Å². The molecule has 1 fully saturated rings. The Kier molecular flexibility index (Phi) is 6.78. The molecule has 0 spiro atoms. The van der Waals surface area contributed by atoms with Crippen molar-refractivity contribution in [2.24, 2.45) is 0 Å². The fraction of sp³-hybridized carbons (Fsp3) is 0.444. The van der Waals surface area contributed by atoms with Crippen molar-refractivity contribution in [2.45, 2.75) is 38.1 Å². The number of hydrogen-bond acceptors (Lipinski definition) is 10. The van der Waals surface area contributed by atoms with E-state index in [1.807, 2.05) is 38.5 Å². The van der Waals surface area contributed by atoms with Crippen molar-refractivity contribution in [3.05, 3.63) is 58.5 Å². The first-order valence-corrected chi connectivity index (χ1v) is 12.8. The Morgan fingerprint density at radius 3 is 2.76 bits per heavy atom. The molecule has 0 bridgehead atoms. The Morgan fingerprint density at radius 2 is 2.03 bits per heavy atom. The summed E-state index contributed by atoms with van der Waals surface area (Å²) in [5.74, 6) is 1.53. The predicted molar refractivity (Wildman–Crippen MR) is 148 cm³/mol. The molecule has 200 valence electrons. The number of aromatic nitrogens is 3. The highest BCUT2D eigenvalue weighted by molar-refractivity contribution is 5.77. The van der Waals surface area contributed by atoms with Gasteiger partial charge in [0.25, 0.3) is 5.69 Å². The van der Waals surface area contributed by atoms with Gasteiger partial charge in [0.05, 0.1) is 29.1 Å². The van der Waals surface area contributed by atoms with Crippen LogP contribution in [0.4, 0.5) is 34.5 Å². The molecule has 38 heavy (non-hydrogen) atoms. The number of rotatable bonds is 8. The van der Waals surface area contributed by atoms with Crippen LogP contribution in [0.2, 0.25) is 0 Å². The number of nitro benzene ring substituents is 1. The second-order valence-electron chi connectivity index (χ2n) is 10.8. The number of nitrogens with one attached hydrogen (secondary N) is 1. The Labute approximate surface area is 222 Å². The molecular formula is C27H34N8O3. The highest BCUT2D eigenvalue weighted by Gasteiger charge is 2.37. The van der Waals surface area contributed by atoms with Crippen LogP contribution in [-0.4, -0.2) is 71.7 Å². The van der Waals surface area contributed by atoms with Gasteiger partial charge in [-0.3, -0.25) is 15.1 Å². The van der Waals surface area contributed by atoms with Crippen LogP contribution < -0.4 is 19.9 Å². The van der Waals surface area contributed by atoms with Gasteiger partial charge in [0.2, 0.25) is 5.95 Å². The molecule has 2 aliphatic rings. The minimum atomic E-state index is -0.335. The third-order valence-electron chi connectivity index (χ3n) is 7.19.